The van der Waals surface area contributed by atoms with Crippen LogP contribution in [0.1, 0.15) is 46.1 Å². The second-order valence-corrected chi connectivity index (χ2v) is 10.4. The second kappa shape index (κ2) is 10.6. The first-order chi connectivity index (χ1) is 16.7. The van der Waals surface area contributed by atoms with E-state index in [-0.39, 0.29) is 28.8 Å². The van der Waals surface area contributed by atoms with Gasteiger partial charge in [-0.1, -0.05) is 33.8 Å². The van der Waals surface area contributed by atoms with E-state index in [2.05, 4.69) is 10.6 Å². The van der Waals surface area contributed by atoms with Crippen LogP contribution in [0.15, 0.2) is 36.4 Å². The van der Waals surface area contributed by atoms with E-state index in [0.29, 0.717) is 24.8 Å². The molecule has 0 unspecified atom stereocenters. The molecule has 10 heteroatoms. The standard InChI is InChI=1S/C26H33F4N3O3/c1-15(2)11-33(12-16(3)4)22-8-5-17(25(23(34)35)13-26(29,30)14-25)9-21(22)32-24(36)31-20-7-6-18(27)10-19(20)28/h5-10,15-16,23,34-35H,11-14H2,1-4H3,(H2,31,32,36). The van der Waals surface area contributed by atoms with Gasteiger partial charge in [-0.15, -0.1) is 0 Å². The van der Waals surface area contributed by atoms with Crippen LogP contribution in [0.2, 0.25) is 0 Å². The molecule has 3 rings (SSSR count). The highest BCUT2D eigenvalue weighted by Gasteiger charge is 2.61. The summed E-state index contributed by atoms with van der Waals surface area (Å²) in [6.45, 7) is 9.40. The largest absolute Gasteiger partial charge is 0.369 e. The highest BCUT2D eigenvalue weighted by molar-refractivity contribution is 6.02. The lowest BCUT2D eigenvalue weighted by Gasteiger charge is -2.49. The third-order valence-electron chi connectivity index (χ3n) is 6.15. The van der Waals surface area contributed by atoms with Crippen LogP contribution in [0.5, 0.6) is 0 Å². The van der Waals surface area contributed by atoms with Gasteiger partial charge in [0.1, 0.15) is 11.6 Å². The van der Waals surface area contributed by atoms with E-state index in [1.54, 1.807) is 12.1 Å². The van der Waals surface area contributed by atoms with Crippen molar-refractivity contribution in [2.24, 2.45) is 11.8 Å². The number of nitrogens with one attached hydrogen (secondary N) is 2. The molecule has 2 amide bonds. The fraction of sp³-hybridized carbons (Fsp3) is 0.500. The van der Waals surface area contributed by atoms with E-state index < -0.39 is 48.1 Å². The van der Waals surface area contributed by atoms with E-state index in [1.807, 2.05) is 32.6 Å². The van der Waals surface area contributed by atoms with Gasteiger partial charge >= 0.3 is 6.03 Å². The number of nitrogens with zero attached hydrogens (tertiary/aromatic N) is 1. The summed E-state index contributed by atoms with van der Waals surface area (Å²) in [5.41, 5.74) is -0.745. The number of carbonyl (C=O) groups excluding carboxylic acids is 1. The van der Waals surface area contributed by atoms with Crippen molar-refractivity contribution in [1.29, 1.82) is 0 Å². The van der Waals surface area contributed by atoms with Gasteiger partial charge in [0.2, 0.25) is 5.92 Å². The van der Waals surface area contributed by atoms with Crippen LogP contribution in [0.3, 0.4) is 0 Å². The van der Waals surface area contributed by atoms with Crippen molar-refractivity contribution in [3.05, 3.63) is 53.6 Å². The van der Waals surface area contributed by atoms with E-state index in [9.17, 15) is 32.6 Å². The number of hydrogen-bond donors (Lipinski definition) is 4. The maximum absolute atomic E-state index is 14.1. The number of amides is 2. The lowest BCUT2D eigenvalue weighted by molar-refractivity contribution is -0.214. The van der Waals surface area contributed by atoms with E-state index in [1.165, 1.54) is 6.07 Å². The number of aliphatic hydroxyl groups is 2. The molecule has 1 aliphatic rings. The Hall–Kier alpha value is -2.85. The lowest BCUT2D eigenvalue weighted by atomic mass is 9.61. The molecule has 1 aliphatic carbocycles. The predicted molar refractivity (Wildman–Crippen MR) is 131 cm³/mol. The summed E-state index contributed by atoms with van der Waals surface area (Å²) in [5.74, 6) is -4.27. The summed E-state index contributed by atoms with van der Waals surface area (Å²) in [4.78, 5) is 14.8. The van der Waals surface area contributed by atoms with Crippen LogP contribution in [-0.2, 0) is 5.41 Å². The van der Waals surface area contributed by atoms with Crippen molar-refractivity contribution >= 4 is 23.1 Å². The Morgan fingerprint density at radius 3 is 2.03 bits per heavy atom. The molecule has 2 aromatic rings. The highest BCUT2D eigenvalue weighted by atomic mass is 19.3. The number of alkyl halides is 2. The van der Waals surface area contributed by atoms with Crippen LogP contribution in [0, 0.1) is 23.5 Å². The first-order valence-corrected chi connectivity index (χ1v) is 11.9. The molecule has 0 heterocycles. The molecule has 1 fully saturated rings. The van der Waals surface area contributed by atoms with Gasteiger partial charge in [0.15, 0.2) is 6.29 Å². The zero-order valence-corrected chi connectivity index (χ0v) is 20.8. The Labute approximate surface area is 208 Å². The monoisotopic (exact) mass is 511 g/mol. The minimum atomic E-state index is -3.03. The zero-order chi connectivity index (χ0) is 26.8. The second-order valence-electron chi connectivity index (χ2n) is 10.4. The van der Waals surface area contributed by atoms with E-state index >= 15 is 0 Å². The molecule has 0 radical (unpaired) electrons. The van der Waals surface area contributed by atoms with Gasteiger partial charge in [0.25, 0.3) is 0 Å². The van der Waals surface area contributed by atoms with Crippen molar-refractivity contribution < 1.29 is 32.6 Å². The van der Waals surface area contributed by atoms with E-state index in [0.717, 1.165) is 12.1 Å². The van der Waals surface area contributed by atoms with Crippen LogP contribution in [0.4, 0.5) is 39.4 Å². The quantitative estimate of drug-likeness (QED) is 0.257. The molecule has 36 heavy (non-hydrogen) atoms. The minimum absolute atomic E-state index is 0.240. The maximum Gasteiger partial charge on any atom is 0.323 e. The lowest BCUT2D eigenvalue weighted by Crippen LogP contribution is -2.56. The van der Waals surface area contributed by atoms with Gasteiger partial charge < -0.3 is 25.7 Å². The molecule has 2 aromatic carbocycles. The maximum atomic E-state index is 14.1. The van der Waals surface area contributed by atoms with Gasteiger partial charge in [-0.25, -0.2) is 22.4 Å². The van der Waals surface area contributed by atoms with Crippen molar-refractivity contribution in [3.63, 3.8) is 0 Å². The Bertz CT molecular complexity index is 1070. The van der Waals surface area contributed by atoms with Crippen LogP contribution in [-0.4, -0.2) is 41.5 Å². The Morgan fingerprint density at radius 1 is 0.944 bits per heavy atom. The van der Waals surface area contributed by atoms with Crippen LogP contribution in [0.25, 0.3) is 0 Å². The average molecular weight is 512 g/mol. The van der Waals surface area contributed by atoms with Gasteiger partial charge in [-0.2, -0.15) is 0 Å². The molecule has 198 valence electrons. The predicted octanol–water partition coefficient (Wildman–Crippen LogP) is 5.70. The number of urea groups is 1. The third kappa shape index (κ3) is 6.28. The highest BCUT2D eigenvalue weighted by Crippen LogP contribution is 2.55. The molecule has 1 saturated carbocycles. The van der Waals surface area contributed by atoms with Crippen LogP contribution < -0.4 is 15.5 Å². The Kier molecular flexibility index (Phi) is 8.20. The summed E-state index contributed by atoms with van der Waals surface area (Å²) >= 11 is 0. The number of aliphatic hydroxyl groups excluding tert-OH is 1. The fourth-order valence-corrected chi connectivity index (χ4v) is 4.65. The summed E-state index contributed by atoms with van der Waals surface area (Å²) in [5, 5.41) is 24.9. The van der Waals surface area contributed by atoms with Gasteiger partial charge in [-0.05, 0) is 41.7 Å². The Morgan fingerprint density at radius 2 is 1.53 bits per heavy atom. The summed E-state index contributed by atoms with van der Waals surface area (Å²) in [7, 11) is 0. The number of benzene rings is 2. The molecule has 0 spiro atoms. The first kappa shape index (κ1) is 27.7. The SMILES string of the molecule is CC(C)CN(CC(C)C)c1ccc(C2(C(O)O)CC(F)(F)C2)cc1NC(=O)Nc1ccc(F)cc1F. The molecule has 0 aromatic heterocycles. The summed E-state index contributed by atoms with van der Waals surface area (Å²) in [6.07, 6.45) is -3.52. The normalized spacial score (nSPS) is 16.2. The molecule has 0 aliphatic heterocycles. The minimum Gasteiger partial charge on any atom is -0.369 e. The van der Waals surface area contributed by atoms with Crippen LogP contribution >= 0.6 is 0 Å². The number of carbonyl (C=O) groups is 1. The smallest absolute Gasteiger partial charge is 0.323 e. The molecule has 0 saturated heterocycles. The van der Waals surface area contributed by atoms with Crippen molar-refractivity contribution in [3.8, 4) is 0 Å². The molecule has 0 bridgehead atoms. The van der Waals surface area contributed by atoms with Gasteiger partial charge in [-0.3, -0.25) is 0 Å². The van der Waals surface area contributed by atoms with Crippen molar-refractivity contribution in [2.45, 2.75) is 58.2 Å². The number of hydrogen-bond acceptors (Lipinski definition) is 4. The number of anilines is 3. The van der Waals surface area contributed by atoms with Crippen molar-refractivity contribution in [2.75, 3.05) is 28.6 Å². The molecular weight excluding hydrogens is 478 g/mol. The Balaban J connectivity index is 2.01. The fourth-order valence-electron chi connectivity index (χ4n) is 4.65. The van der Waals surface area contributed by atoms with Gasteiger partial charge in [0.05, 0.1) is 22.5 Å². The van der Waals surface area contributed by atoms with E-state index in [4.69, 9.17) is 0 Å². The molecule has 4 N–H and O–H groups in total. The first-order valence-electron chi connectivity index (χ1n) is 11.9. The molecule has 6 nitrogen and oxygen atoms in total. The number of halogens is 4. The number of rotatable bonds is 9. The summed E-state index contributed by atoms with van der Waals surface area (Å²) < 4.78 is 54.9. The van der Waals surface area contributed by atoms with Crippen molar-refractivity contribution in [1.82, 2.24) is 0 Å². The molecule has 0 atom stereocenters. The van der Waals surface area contributed by atoms with Gasteiger partial charge in [0, 0.05) is 32.0 Å². The average Bonchev–Trinajstić information content (AvgIpc) is 2.72. The third-order valence-corrected chi connectivity index (χ3v) is 6.15. The molecular formula is C26H33F4N3O3. The summed E-state index contributed by atoms with van der Waals surface area (Å²) in [6, 6.07) is 6.58. The zero-order valence-electron chi connectivity index (χ0n) is 20.8. The topological polar surface area (TPSA) is 84.8 Å².